The number of carbonyl (C=O) groups is 1. The molecule has 2 aliphatic rings. The van der Waals surface area contributed by atoms with Crippen molar-refractivity contribution >= 4 is 33.8 Å². The first-order valence-corrected chi connectivity index (χ1v) is 9.32. The molecule has 1 aromatic heterocycles. The van der Waals surface area contributed by atoms with E-state index >= 15 is 0 Å². The van der Waals surface area contributed by atoms with Gasteiger partial charge in [-0.15, -0.1) is 11.3 Å². The van der Waals surface area contributed by atoms with Gasteiger partial charge in [-0.25, -0.2) is 0 Å². The normalized spacial score (nSPS) is 22.8. The van der Waals surface area contributed by atoms with Crippen molar-refractivity contribution in [1.29, 1.82) is 0 Å². The zero-order chi connectivity index (χ0) is 16.0. The van der Waals surface area contributed by atoms with Crippen molar-refractivity contribution in [3.8, 4) is 0 Å². The molecule has 1 aliphatic heterocycles. The van der Waals surface area contributed by atoms with E-state index in [4.69, 9.17) is 11.6 Å². The summed E-state index contributed by atoms with van der Waals surface area (Å²) in [7, 11) is 0. The first-order chi connectivity index (χ1) is 11.2. The first kappa shape index (κ1) is 15.0. The van der Waals surface area contributed by atoms with E-state index in [0.29, 0.717) is 5.02 Å². The Bertz CT molecular complexity index is 753. The molecule has 4 rings (SSSR count). The molecule has 0 saturated carbocycles. The molecule has 0 fully saturated rings. The minimum Gasteiger partial charge on any atom is -0.353 e. The predicted molar refractivity (Wildman–Crippen MR) is 95.4 cm³/mol. The average molecular weight is 347 g/mol. The second kappa shape index (κ2) is 5.84. The molecule has 5 heteroatoms. The van der Waals surface area contributed by atoms with Gasteiger partial charge in [0.15, 0.2) is 0 Å². The van der Waals surface area contributed by atoms with Crippen LogP contribution in [-0.2, 0) is 12.8 Å². The number of carbonyl (C=O) groups excluding carboxylic acids is 1. The van der Waals surface area contributed by atoms with Gasteiger partial charge in [0, 0.05) is 9.90 Å². The third-order valence-corrected chi connectivity index (χ3v) is 6.36. The molecule has 2 N–H and O–H groups in total. The van der Waals surface area contributed by atoms with Crippen molar-refractivity contribution in [3.05, 3.63) is 50.9 Å². The Balaban J connectivity index is 1.66. The maximum Gasteiger partial charge on any atom is 0.256 e. The second-order valence-corrected chi connectivity index (χ2v) is 7.87. The van der Waals surface area contributed by atoms with Crippen molar-refractivity contribution in [2.45, 2.75) is 38.8 Å². The van der Waals surface area contributed by atoms with E-state index < -0.39 is 0 Å². The van der Waals surface area contributed by atoms with E-state index in [0.717, 1.165) is 34.9 Å². The molecule has 0 radical (unpaired) electrons. The lowest BCUT2D eigenvalue weighted by molar-refractivity contribution is 0.0935. The lowest BCUT2D eigenvalue weighted by Gasteiger charge is -2.27. The van der Waals surface area contributed by atoms with E-state index in [1.54, 1.807) is 11.3 Å². The predicted octanol–water partition coefficient (Wildman–Crippen LogP) is 4.77. The number of rotatable bonds is 2. The fourth-order valence-corrected chi connectivity index (χ4v) is 5.05. The average Bonchev–Trinajstić information content (AvgIpc) is 2.93. The Kier molecular flexibility index (Phi) is 3.82. The molecule has 1 amide bonds. The minimum atomic E-state index is -0.186. The van der Waals surface area contributed by atoms with Gasteiger partial charge in [0.1, 0.15) is 11.2 Å². The maximum absolute atomic E-state index is 12.6. The third-order valence-electron chi connectivity index (χ3n) is 4.93. The van der Waals surface area contributed by atoms with Crippen LogP contribution in [-0.4, -0.2) is 5.91 Å². The van der Waals surface area contributed by atoms with Gasteiger partial charge >= 0.3 is 0 Å². The van der Waals surface area contributed by atoms with Crippen molar-refractivity contribution in [2.24, 2.45) is 5.92 Å². The van der Waals surface area contributed by atoms with Crippen LogP contribution in [0.15, 0.2) is 24.3 Å². The number of thiophene rings is 1. The topological polar surface area (TPSA) is 41.1 Å². The first-order valence-electron chi connectivity index (χ1n) is 8.13. The minimum absolute atomic E-state index is 0.0474. The van der Waals surface area contributed by atoms with Crippen LogP contribution >= 0.6 is 22.9 Å². The number of anilines is 1. The number of hydrogen-bond donors (Lipinski definition) is 2. The molecule has 2 aromatic rings. The summed E-state index contributed by atoms with van der Waals surface area (Å²) >= 11 is 7.71. The lowest BCUT2D eigenvalue weighted by Crippen LogP contribution is -2.38. The molecule has 1 aliphatic carbocycles. The van der Waals surface area contributed by atoms with E-state index in [1.165, 1.54) is 23.3 Å². The van der Waals surface area contributed by atoms with Gasteiger partial charge in [-0.2, -0.15) is 0 Å². The number of benzene rings is 1. The van der Waals surface area contributed by atoms with Crippen LogP contribution in [0.2, 0.25) is 5.02 Å². The summed E-state index contributed by atoms with van der Waals surface area (Å²) < 4.78 is 0. The van der Waals surface area contributed by atoms with Crippen LogP contribution in [0, 0.1) is 5.92 Å². The van der Waals surface area contributed by atoms with E-state index in [-0.39, 0.29) is 12.1 Å². The van der Waals surface area contributed by atoms with Gasteiger partial charge in [0.25, 0.3) is 5.91 Å². The highest BCUT2D eigenvalue weighted by molar-refractivity contribution is 7.16. The summed E-state index contributed by atoms with van der Waals surface area (Å²) in [5.74, 6) is 0.809. The highest BCUT2D eigenvalue weighted by atomic mass is 35.5. The zero-order valence-electron chi connectivity index (χ0n) is 13.0. The Morgan fingerprint density at radius 3 is 2.78 bits per heavy atom. The molecule has 0 saturated heterocycles. The summed E-state index contributed by atoms with van der Waals surface area (Å²) in [6, 6.07) is 7.61. The van der Waals surface area contributed by atoms with Gasteiger partial charge in [-0.3, -0.25) is 4.79 Å². The summed E-state index contributed by atoms with van der Waals surface area (Å²) in [6.45, 7) is 2.25. The maximum atomic E-state index is 12.6. The third kappa shape index (κ3) is 2.64. The van der Waals surface area contributed by atoms with Crippen LogP contribution < -0.4 is 10.6 Å². The van der Waals surface area contributed by atoms with Gasteiger partial charge in [-0.05, 0) is 48.4 Å². The molecule has 1 aromatic carbocycles. The van der Waals surface area contributed by atoms with Crippen molar-refractivity contribution in [2.75, 3.05) is 5.32 Å². The molecule has 2 heterocycles. The zero-order valence-corrected chi connectivity index (χ0v) is 14.6. The molecule has 23 heavy (non-hydrogen) atoms. The Morgan fingerprint density at radius 2 is 2.04 bits per heavy atom. The summed E-state index contributed by atoms with van der Waals surface area (Å²) in [6.07, 6.45) is 4.37. The summed E-state index contributed by atoms with van der Waals surface area (Å²) in [4.78, 5) is 14.0. The van der Waals surface area contributed by atoms with Crippen LogP contribution in [0.25, 0.3) is 0 Å². The Hall–Kier alpha value is -1.52. The van der Waals surface area contributed by atoms with Crippen LogP contribution in [0.4, 0.5) is 5.00 Å². The number of nitrogens with one attached hydrogen (secondary N) is 2. The Labute approximate surface area is 145 Å². The summed E-state index contributed by atoms with van der Waals surface area (Å²) in [5, 5.41) is 8.31. The molecular weight excluding hydrogens is 328 g/mol. The molecule has 0 spiro atoms. The Morgan fingerprint density at radius 1 is 1.26 bits per heavy atom. The van der Waals surface area contributed by atoms with E-state index in [9.17, 15) is 4.79 Å². The van der Waals surface area contributed by atoms with E-state index in [1.807, 2.05) is 24.3 Å². The van der Waals surface area contributed by atoms with Crippen LogP contribution in [0.3, 0.4) is 0 Å². The smallest absolute Gasteiger partial charge is 0.256 e. The van der Waals surface area contributed by atoms with Crippen molar-refractivity contribution in [1.82, 2.24) is 5.32 Å². The molecule has 0 unspecified atom stereocenters. The number of hydrogen-bond acceptors (Lipinski definition) is 3. The fourth-order valence-electron chi connectivity index (χ4n) is 3.54. The fraction of sp³-hybridized carbons (Fsp3) is 0.389. The number of amides is 1. The summed E-state index contributed by atoms with van der Waals surface area (Å²) in [5.41, 5.74) is 3.17. The molecule has 3 nitrogen and oxygen atoms in total. The lowest BCUT2D eigenvalue weighted by atomic mass is 9.85. The van der Waals surface area contributed by atoms with Gasteiger partial charge in [0.05, 0.1) is 5.56 Å². The molecular formula is C18H19ClN2OS. The van der Waals surface area contributed by atoms with Crippen LogP contribution in [0.1, 0.15) is 52.3 Å². The standard InChI is InChI=1S/C18H19ClN2OS/c1-2-10-3-8-13-14(9-10)23-18-15(13)17(22)20-16(21-18)11-4-6-12(19)7-5-11/h4-7,10,16,21H,2-3,8-9H2,1H3,(H,20,22)/t10-,16+/m1/s1. The van der Waals surface area contributed by atoms with Gasteiger partial charge in [0.2, 0.25) is 0 Å². The van der Waals surface area contributed by atoms with Crippen molar-refractivity contribution in [3.63, 3.8) is 0 Å². The van der Waals surface area contributed by atoms with E-state index in [2.05, 4.69) is 17.6 Å². The SMILES string of the molecule is CC[C@@H]1CCc2c(sc3c2C(=O)N[C@H](c2ccc(Cl)cc2)N3)C1. The monoisotopic (exact) mass is 346 g/mol. The van der Waals surface area contributed by atoms with Gasteiger partial charge < -0.3 is 10.6 Å². The van der Waals surface area contributed by atoms with Gasteiger partial charge in [-0.1, -0.05) is 37.1 Å². The van der Waals surface area contributed by atoms with Crippen molar-refractivity contribution < 1.29 is 4.79 Å². The molecule has 2 atom stereocenters. The highest BCUT2D eigenvalue weighted by Gasteiger charge is 2.33. The highest BCUT2D eigenvalue weighted by Crippen LogP contribution is 2.43. The number of halogens is 1. The van der Waals surface area contributed by atoms with Crippen LogP contribution in [0.5, 0.6) is 0 Å². The second-order valence-electron chi connectivity index (χ2n) is 6.33. The largest absolute Gasteiger partial charge is 0.353 e. The molecule has 120 valence electrons. The molecule has 0 bridgehead atoms. The number of fused-ring (bicyclic) bond motifs is 3. The quantitative estimate of drug-likeness (QED) is 0.822.